The summed E-state index contributed by atoms with van der Waals surface area (Å²) < 4.78 is 4.63. The highest BCUT2D eigenvalue weighted by atomic mass is 16.5. The van der Waals surface area contributed by atoms with Crippen molar-refractivity contribution in [2.24, 2.45) is 5.92 Å². The Labute approximate surface area is 116 Å². The zero-order valence-electron chi connectivity index (χ0n) is 12.9. The zero-order valence-corrected chi connectivity index (χ0v) is 12.9. The van der Waals surface area contributed by atoms with Crippen LogP contribution in [0.25, 0.3) is 12.2 Å². The first-order valence-corrected chi connectivity index (χ1v) is 6.98. The van der Waals surface area contributed by atoms with Gasteiger partial charge in [-0.05, 0) is 23.6 Å². The van der Waals surface area contributed by atoms with Crippen molar-refractivity contribution in [3.05, 3.63) is 28.4 Å². The van der Waals surface area contributed by atoms with Crippen molar-refractivity contribution in [1.29, 1.82) is 0 Å². The maximum absolute atomic E-state index is 11.3. The number of hydrogen-bond acceptors (Lipinski definition) is 3. The summed E-state index contributed by atoms with van der Waals surface area (Å²) in [4.78, 5) is 15.5. The molecule has 0 amide bonds. The van der Waals surface area contributed by atoms with E-state index in [9.17, 15) is 4.79 Å². The molecule has 0 radical (unpaired) electrons. The maximum atomic E-state index is 11.3. The molecule has 0 saturated carbocycles. The predicted octanol–water partition coefficient (Wildman–Crippen LogP) is 2.52. The van der Waals surface area contributed by atoms with Crippen LogP contribution in [-0.4, -0.2) is 18.1 Å². The van der Waals surface area contributed by atoms with Gasteiger partial charge < -0.3 is 4.74 Å². The lowest BCUT2D eigenvalue weighted by atomic mass is 10.0. The number of carbonyl (C=O) groups is 1. The molecule has 1 heterocycles. The molecule has 0 spiro atoms. The van der Waals surface area contributed by atoms with E-state index in [-0.39, 0.29) is 5.97 Å². The van der Waals surface area contributed by atoms with Gasteiger partial charge in [0.15, 0.2) is 0 Å². The van der Waals surface area contributed by atoms with E-state index >= 15 is 0 Å². The van der Waals surface area contributed by atoms with Gasteiger partial charge in [0.2, 0.25) is 0 Å². The molecule has 19 heavy (non-hydrogen) atoms. The van der Waals surface area contributed by atoms with E-state index < -0.39 is 0 Å². The van der Waals surface area contributed by atoms with Crippen LogP contribution in [0.5, 0.6) is 0 Å². The summed E-state index contributed by atoms with van der Waals surface area (Å²) in [6, 6.07) is 3.61. The first kappa shape index (κ1) is 17.4. The van der Waals surface area contributed by atoms with Gasteiger partial charge in [-0.15, -0.1) is 0 Å². The predicted molar refractivity (Wildman–Crippen MR) is 80.2 cm³/mol. The number of ether oxygens (including phenoxy) is 1. The van der Waals surface area contributed by atoms with E-state index in [1.807, 2.05) is 33.8 Å². The van der Waals surface area contributed by atoms with E-state index in [1.54, 1.807) is 6.07 Å². The van der Waals surface area contributed by atoms with Gasteiger partial charge in [0.25, 0.3) is 0 Å². The molecule has 1 aliphatic rings. The highest BCUT2D eigenvalue weighted by Crippen LogP contribution is 2.05. The van der Waals surface area contributed by atoms with Crippen molar-refractivity contribution in [3.63, 3.8) is 0 Å². The van der Waals surface area contributed by atoms with Gasteiger partial charge in [-0.2, -0.15) is 0 Å². The minimum Gasteiger partial charge on any atom is -0.464 e. The van der Waals surface area contributed by atoms with Crippen LogP contribution in [0.1, 0.15) is 51.5 Å². The molecule has 0 saturated heterocycles. The quantitative estimate of drug-likeness (QED) is 0.731. The van der Waals surface area contributed by atoms with Crippen LogP contribution in [0.4, 0.5) is 0 Å². The van der Waals surface area contributed by atoms with Crippen LogP contribution in [0.2, 0.25) is 0 Å². The number of carbonyl (C=O) groups excluding carboxylic acids is 1. The highest BCUT2D eigenvalue weighted by Gasteiger charge is 2.08. The SMILES string of the molecule is CC.CC.COC(=O)c1ccc2c(n1)=CC(C)CC=2. The Kier molecular flexibility index (Phi) is 8.51. The number of fused-ring (bicyclic) bond motifs is 1. The lowest BCUT2D eigenvalue weighted by Gasteiger charge is -2.07. The van der Waals surface area contributed by atoms with Crippen LogP contribution in [-0.2, 0) is 4.74 Å². The smallest absolute Gasteiger partial charge is 0.356 e. The number of methoxy groups -OCH3 is 1. The molecule has 0 fully saturated rings. The molecule has 1 aliphatic carbocycles. The fourth-order valence-corrected chi connectivity index (χ4v) is 1.66. The van der Waals surface area contributed by atoms with E-state index in [1.165, 1.54) is 7.11 Å². The average molecular weight is 263 g/mol. The van der Waals surface area contributed by atoms with Gasteiger partial charge in [-0.1, -0.05) is 52.8 Å². The van der Waals surface area contributed by atoms with E-state index in [0.717, 1.165) is 17.0 Å². The third kappa shape index (κ3) is 4.86. The summed E-state index contributed by atoms with van der Waals surface area (Å²) in [5.74, 6) is 0.0994. The van der Waals surface area contributed by atoms with Crippen LogP contribution in [0.3, 0.4) is 0 Å². The van der Waals surface area contributed by atoms with Crippen molar-refractivity contribution in [3.8, 4) is 0 Å². The minimum atomic E-state index is -0.385. The molecular formula is C16H25NO2. The number of rotatable bonds is 1. The second-order valence-electron chi connectivity index (χ2n) is 3.75. The molecule has 1 aromatic rings. The minimum absolute atomic E-state index is 0.370. The second kappa shape index (κ2) is 9.31. The molecule has 0 aliphatic heterocycles. The fourth-order valence-electron chi connectivity index (χ4n) is 1.66. The van der Waals surface area contributed by atoms with Crippen LogP contribution in [0, 0.1) is 5.92 Å². The molecule has 0 bridgehead atoms. The lowest BCUT2D eigenvalue weighted by Crippen LogP contribution is -2.33. The van der Waals surface area contributed by atoms with E-state index in [4.69, 9.17) is 0 Å². The molecule has 2 rings (SSSR count). The lowest BCUT2D eigenvalue weighted by molar-refractivity contribution is 0.0593. The normalized spacial score (nSPS) is 15.2. The fraction of sp³-hybridized carbons (Fsp3) is 0.500. The van der Waals surface area contributed by atoms with Crippen molar-refractivity contribution in [2.45, 2.75) is 41.0 Å². The molecule has 1 atom stereocenters. The maximum Gasteiger partial charge on any atom is 0.356 e. The number of nitrogens with zero attached hydrogens (tertiary/aromatic N) is 1. The number of hydrogen-bond donors (Lipinski definition) is 0. The monoisotopic (exact) mass is 263 g/mol. The Morgan fingerprint density at radius 2 is 1.89 bits per heavy atom. The average Bonchev–Trinajstić information content (AvgIpc) is 2.49. The molecule has 3 nitrogen and oxygen atoms in total. The summed E-state index contributed by atoms with van der Waals surface area (Å²) in [5, 5.41) is 1.98. The molecule has 0 aromatic carbocycles. The van der Waals surface area contributed by atoms with Crippen LogP contribution >= 0.6 is 0 Å². The summed E-state index contributed by atoms with van der Waals surface area (Å²) in [6.07, 6.45) is 5.27. The first-order valence-electron chi connectivity index (χ1n) is 6.98. The molecular weight excluding hydrogens is 238 g/mol. The molecule has 106 valence electrons. The van der Waals surface area contributed by atoms with Gasteiger partial charge in [-0.3, -0.25) is 0 Å². The first-order chi connectivity index (χ1) is 9.20. The van der Waals surface area contributed by atoms with Gasteiger partial charge in [0.1, 0.15) is 5.69 Å². The Hall–Kier alpha value is -1.64. The second-order valence-corrected chi connectivity index (χ2v) is 3.75. The third-order valence-corrected chi connectivity index (χ3v) is 2.50. The zero-order chi connectivity index (χ0) is 14.8. The Morgan fingerprint density at radius 3 is 2.47 bits per heavy atom. The number of pyridine rings is 1. The van der Waals surface area contributed by atoms with Gasteiger partial charge in [0.05, 0.1) is 12.5 Å². The molecule has 1 unspecified atom stereocenters. The molecule has 1 aromatic heterocycles. The third-order valence-electron chi connectivity index (χ3n) is 2.50. The number of esters is 1. The van der Waals surface area contributed by atoms with Crippen LogP contribution in [0.15, 0.2) is 12.1 Å². The standard InChI is InChI=1S/C12H13NO2.2C2H6/c1-8-3-4-9-5-6-10(12(14)15-2)13-11(9)7-8;2*1-2/h4-8H,3H2,1-2H3;2*1-2H3. The molecule has 0 N–H and O–H groups in total. The Balaban J connectivity index is 0.000000741. The van der Waals surface area contributed by atoms with Gasteiger partial charge >= 0.3 is 5.97 Å². The highest BCUT2D eigenvalue weighted by molar-refractivity contribution is 5.87. The van der Waals surface area contributed by atoms with Gasteiger partial charge in [0, 0.05) is 0 Å². The summed E-state index contributed by atoms with van der Waals surface area (Å²) >= 11 is 0. The van der Waals surface area contributed by atoms with Crippen LogP contribution < -0.4 is 10.6 Å². The summed E-state index contributed by atoms with van der Waals surface area (Å²) in [7, 11) is 1.36. The Bertz CT molecular complexity index is 506. The van der Waals surface area contributed by atoms with Crippen molar-refractivity contribution >= 4 is 18.1 Å². The van der Waals surface area contributed by atoms with Gasteiger partial charge in [-0.25, -0.2) is 9.78 Å². The largest absolute Gasteiger partial charge is 0.464 e. The van der Waals surface area contributed by atoms with E-state index in [2.05, 4.69) is 28.8 Å². The summed E-state index contributed by atoms with van der Waals surface area (Å²) in [5.41, 5.74) is 0.370. The van der Waals surface area contributed by atoms with Crippen molar-refractivity contribution in [2.75, 3.05) is 7.11 Å². The topological polar surface area (TPSA) is 39.2 Å². The summed E-state index contributed by atoms with van der Waals surface area (Å²) in [6.45, 7) is 10.1. The molecule has 3 heteroatoms. The Morgan fingerprint density at radius 1 is 1.26 bits per heavy atom. The van der Waals surface area contributed by atoms with Crippen molar-refractivity contribution in [1.82, 2.24) is 4.98 Å². The van der Waals surface area contributed by atoms with Crippen molar-refractivity contribution < 1.29 is 9.53 Å². The number of aromatic nitrogens is 1. The van der Waals surface area contributed by atoms with E-state index in [0.29, 0.717) is 11.6 Å².